The first-order valence-corrected chi connectivity index (χ1v) is 3.03. The van der Waals surface area contributed by atoms with Crippen molar-refractivity contribution in [3.8, 4) is 0 Å². The van der Waals surface area contributed by atoms with E-state index in [1.165, 1.54) is 0 Å². The maximum atomic E-state index is 3.85. The molecule has 9 heavy (non-hydrogen) atoms. The molecular weight excluding hydrogens is 114 g/mol. The number of nitrogens with zero attached hydrogens (tertiary/aromatic N) is 2. The molecule has 0 spiro atoms. The lowest BCUT2D eigenvalue weighted by Crippen LogP contribution is -2.38. The third kappa shape index (κ3) is 1.45. The molecule has 1 N–H and O–H groups in total. The molecule has 3 heteroatoms. The van der Waals surface area contributed by atoms with Gasteiger partial charge in [0.15, 0.2) is 0 Å². The first-order valence-electron chi connectivity index (χ1n) is 3.03. The summed E-state index contributed by atoms with van der Waals surface area (Å²) in [7, 11) is 0. The van der Waals surface area contributed by atoms with Crippen molar-refractivity contribution in [1.82, 2.24) is 10.4 Å². The standard InChI is InChI=1S/C6H11N3/c1-6(2)9-4-3-7-5-8-9/h3-6H,1-2H3,(H,7,8). The minimum absolute atomic E-state index is 0.480. The van der Waals surface area contributed by atoms with Crippen LogP contribution in [0.5, 0.6) is 0 Å². The molecule has 0 saturated carbocycles. The van der Waals surface area contributed by atoms with Crippen molar-refractivity contribution < 1.29 is 0 Å². The van der Waals surface area contributed by atoms with Gasteiger partial charge in [0, 0.05) is 18.4 Å². The van der Waals surface area contributed by atoms with Crippen LogP contribution in [0.4, 0.5) is 0 Å². The number of hydrazine groups is 1. The lowest BCUT2D eigenvalue weighted by atomic mass is 10.4. The average molecular weight is 125 g/mol. The quantitative estimate of drug-likeness (QED) is 0.559. The van der Waals surface area contributed by atoms with Gasteiger partial charge in [-0.3, -0.25) is 10.4 Å². The molecule has 0 saturated heterocycles. The Kier molecular flexibility index (Phi) is 1.72. The van der Waals surface area contributed by atoms with Crippen LogP contribution >= 0.6 is 0 Å². The highest BCUT2D eigenvalue weighted by molar-refractivity contribution is 5.55. The lowest BCUT2D eigenvalue weighted by Gasteiger charge is -2.24. The van der Waals surface area contributed by atoms with Crippen LogP contribution in [0.25, 0.3) is 0 Å². The SMILES string of the molecule is CC(C)N1C=CN=CN1. The average Bonchev–Trinajstić information content (AvgIpc) is 1.90. The number of hydrogen-bond acceptors (Lipinski definition) is 3. The number of rotatable bonds is 1. The van der Waals surface area contributed by atoms with E-state index in [0.29, 0.717) is 6.04 Å². The molecule has 1 aliphatic rings. The fraction of sp³-hybridized carbons (Fsp3) is 0.500. The third-order valence-electron chi connectivity index (χ3n) is 1.15. The predicted molar refractivity (Wildman–Crippen MR) is 37.7 cm³/mol. The highest BCUT2D eigenvalue weighted by Gasteiger charge is 2.01. The zero-order chi connectivity index (χ0) is 6.69. The molecule has 0 fully saturated rings. The highest BCUT2D eigenvalue weighted by atomic mass is 15.5. The Bertz CT molecular complexity index is 137. The van der Waals surface area contributed by atoms with Gasteiger partial charge in [-0.25, -0.2) is 4.99 Å². The van der Waals surface area contributed by atoms with Crippen LogP contribution in [0.1, 0.15) is 13.8 Å². The fourth-order valence-corrected chi connectivity index (χ4v) is 0.618. The van der Waals surface area contributed by atoms with E-state index in [1.807, 2.05) is 11.2 Å². The Labute approximate surface area is 55.0 Å². The molecule has 3 nitrogen and oxygen atoms in total. The summed E-state index contributed by atoms with van der Waals surface area (Å²) in [6, 6.07) is 0.480. The molecule has 1 heterocycles. The van der Waals surface area contributed by atoms with Crippen molar-refractivity contribution in [1.29, 1.82) is 0 Å². The molecule has 1 rings (SSSR count). The van der Waals surface area contributed by atoms with Gasteiger partial charge < -0.3 is 0 Å². The summed E-state index contributed by atoms with van der Waals surface area (Å²) in [5.74, 6) is 0. The summed E-state index contributed by atoms with van der Waals surface area (Å²) in [4.78, 5) is 3.85. The Balaban J connectivity index is 2.46. The highest BCUT2D eigenvalue weighted by Crippen LogP contribution is 1.95. The summed E-state index contributed by atoms with van der Waals surface area (Å²) in [5.41, 5.74) is 2.97. The molecule has 0 amide bonds. The third-order valence-corrected chi connectivity index (χ3v) is 1.15. The van der Waals surface area contributed by atoms with Crippen LogP contribution in [0.15, 0.2) is 17.4 Å². The molecule has 0 aromatic heterocycles. The van der Waals surface area contributed by atoms with Gasteiger partial charge in [-0.1, -0.05) is 0 Å². The van der Waals surface area contributed by atoms with E-state index < -0.39 is 0 Å². The van der Waals surface area contributed by atoms with Crippen LogP contribution in [0.2, 0.25) is 0 Å². The molecule has 0 aromatic rings. The Hall–Kier alpha value is -0.990. The second-order valence-electron chi connectivity index (χ2n) is 2.21. The van der Waals surface area contributed by atoms with E-state index in [0.717, 1.165) is 0 Å². The van der Waals surface area contributed by atoms with Crippen molar-refractivity contribution in [2.75, 3.05) is 0 Å². The molecule has 0 aromatic carbocycles. The Morgan fingerprint density at radius 2 is 2.33 bits per heavy atom. The van der Waals surface area contributed by atoms with Crippen molar-refractivity contribution in [3.63, 3.8) is 0 Å². The molecule has 0 unspecified atom stereocenters. The summed E-state index contributed by atoms with van der Waals surface area (Å²) in [6.07, 6.45) is 5.33. The first kappa shape index (κ1) is 6.13. The molecule has 50 valence electrons. The molecule has 1 aliphatic heterocycles. The van der Waals surface area contributed by atoms with Crippen LogP contribution in [0, 0.1) is 0 Å². The van der Waals surface area contributed by atoms with Gasteiger partial charge in [0.2, 0.25) is 0 Å². The lowest BCUT2D eigenvalue weighted by molar-refractivity contribution is 0.271. The van der Waals surface area contributed by atoms with E-state index in [2.05, 4.69) is 24.3 Å². The molecule has 0 bridgehead atoms. The fourth-order valence-electron chi connectivity index (χ4n) is 0.618. The van der Waals surface area contributed by atoms with Crippen LogP contribution in [-0.2, 0) is 0 Å². The number of aliphatic imine (C=N–C) groups is 1. The monoisotopic (exact) mass is 125 g/mol. The maximum absolute atomic E-state index is 3.85. The second kappa shape index (κ2) is 2.53. The number of hydrogen-bond donors (Lipinski definition) is 1. The topological polar surface area (TPSA) is 27.6 Å². The first-order chi connectivity index (χ1) is 4.30. The normalized spacial score (nSPS) is 16.6. The van der Waals surface area contributed by atoms with Gasteiger partial charge in [0.1, 0.15) is 6.34 Å². The smallest absolute Gasteiger partial charge is 0.107 e. The van der Waals surface area contributed by atoms with Crippen molar-refractivity contribution in [2.45, 2.75) is 19.9 Å². The van der Waals surface area contributed by atoms with Crippen LogP contribution < -0.4 is 5.43 Å². The van der Waals surface area contributed by atoms with Gasteiger partial charge >= 0.3 is 0 Å². The molecule has 0 radical (unpaired) electrons. The summed E-state index contributed by atoms with van der Waals surface area (Å²) >= 11 is 0. The molecule has 0 aliphatic carbocycles. The van der Waals surface area contributed by atoms with Crippen molar-refractivity contribution in [3.05, 3.63) is 12.4 Å². The minimum atomic E-state index is 0.480. The van der Waals surface area contributed by atoms with E-state index in [1.54, 1.807) is 12.5 Å². The van der Waals surface area contributed by atoms with Crippen molar-refractivity contribution >= 4 is 6.34 Å². The summed E-state index contributed by atoms with van der Waals surface area (Å²) in [6.45, 7) is 4.22. The zero-order valence-corrected chi connectivity index (χ0v) is 5.70. The molecular formula is C6H11N3. The van der Waals surface area contributed by atoms with Gasteiger partial charge in [0.05, 0.1) is 0 Å². The van der Waals surface area contributed by atoms with Crippen molar-refractivity contribution in [2.24, 2.45) is 4.99 Å². The Morgan fingerprint density at radius 1 is 1.56 bits per heavy atom. The minimum Gasteiger partial charge on any atom is -0.290 e. The Morgan fingerprint density at radius 3 is 2.67 bits per heavy atom. The van der Waals surface area contributed by atoms with Crippen LogP contribution in [0.3, 0.4) is 0 Å². The largest absolute Gasteiger partial charge is 0.290 e. The maximum Gasteiger partial charge on any atom is 0.107 e. The molecule has 0 atom stereocenters. The van der Waals surface area contributed by atoms with Gasteiger partial charge in [-0.15, -0.1) is 0 Å². The van der Waals surface area contributed by atoms with Crippen LogP contribution in [-0.4, -0.2) is 17.4 Å². The summed E-state index contributed by atoms with van der Waals surface area (Å²) < 4.78 is 0. The van der Waals surface area contributed by atoms with E-state index in [-0.39, 0.29) is 0 Å². The van der Waals surface area contributed by atoms with Gasteiger partial charge in [0.25, 0.3) is 0 Å². The zero-order valence-electron chi connectivity index (χ0n) is 5.70. The van der Waals surface area contributed by atoms with Gasteiger partial charge in [-0.05, 0) is 13.8 Å². The van der Waals surface area contributed by atoms with E-state index >= 15 is 0 Å². The second-order valence-corrected chi connectivity index (χ2v) is 2.21. The van der Waals surface area contributed by atoms with Gasteiger partial charge in [-0.2, -0.15) is 0 Å². The van der Waals surface area contributed by atoms with E-state index in [9.17, 15) is 0 Å². The predicted octanol–water partition coefficient (Wildman–Crippen LogP) is 0.714. The summed E-state index contributed by atoms with van der Waals surface area (Å²) in [5, 5.41) is 1.98. The van der Waals surface area contributed by atoms with E-state index in [4.69, 9.17) is 0 Å². The number of nitrogens with one attached hydrogen (secondary N) is 1.